The molecule has 1 aromatic heterocycles. The minimum absolute atomic E-state index is 0.126. The van der Waals surface area contributed by atoms with E-state index in [9.17, 15) is 13.2 Å². The predicted octanol–water partition coefficient (Wildman–Crippen LogP) is 3.23. The fraction of sp³-hybridized carbons (Fsp3) is 0.583. The predicted molar refractivity (Wildman–Crippen MR) is 70.6 cm³/mol. The number of pyridine rings is 1. The summed E-state index contributed by atoms with van der Waals surface area (Å²) in [4.78, 5) is 5.52. The molecule has 7 heteroatoms. The highest BCUT2D eigenvalue weighted by Crippen LogP contribution is 2.23. The zero-order valence-corrected chi connectivity index (χ0v) is 11.6. The largest absolute Gasteiger partial charge is 0.390 e. The minimum Gasteiger partial charge on any atom is -0.359 e. The van der Waals surface area contributed by atoms with Crippen molar-refractivity contribution in [2.24, 2.45) is 0 Å². The van der Waals surface area contributed by atoms with E-state index >= 15 is 0 Å². The van der Waals surface area contributed by atoms with Crippen molar-refractivity contribution in [2.45, 2.75) is 26.1 Å². The van der Waals surface area contributed by atoms with E-state index in [1.165, 1.54) is 11.1 Å². The Morgan fingerprint density at radius 1 is 1.42 bits per heavy atom. The molecule has 0 aliphatic heterocycles. The van der Waals surface area contributed by atoms with Gasteiger partial charge in [-0.2, -0.15) is 13.2 Å². The molecule has 108 valence electrons. The third-order valence-electron chi connectivity index (χ3n) is 2.61. The summed E-state index contributed by atoms with van der Waals surface area (Å²) in [5.74, 6) is 0.488. The van der Waals surface area contributed by atoms with Gasteiger partial charge in [-0.15, -0.1) is 0 Å². The number of hydrogen-bond donors (Lipinski definition) is 1. The fourth-order valence-corrected chi connectivity index (χ4v) is 1.65. The van der Waals surface area contributed by atoms with Gasteiger partial charge in [0.15, 0.2) is 0 Å². The normalized spacial score (nSPS) is 11.7. The summed E-state index contributed by atoms with van der Waals surface area (Å²) in [5, 5.41) is 3.63. The lowest BCUT2D eigenvalue weighted by Gasteiger charge is -2.20. The maximum absolute atomic E-state index is 12.2. The molecule has 0 spiro atoms. The van der Waals surface area contributed by atoms with Gasteiger partial charge in [-0.1, -0.05) is 18.5 Å². The van der Waals surface area contributed by atoms with Crippen molar-refractivity contribution in [1.82, 2.24) is 10.3 Å². The van der Waals surface area contributed by atoms with Crippen LogP contribution in [-0.4, -0.2) is 31.3 Å². The lowest BCUT2D eigenvalue weighted by Crippen LogP contribution is -2.25. The van der Waals surface area contributed by atoms with Gasteiger partial charge in [0.25, 0.3) is 0 Å². The van der Waals surface area contributed by atoms with Crippen LogP contribution in [0.1, 0.15) is 18.9 Å². The number of hydrogen-bond acceptors (Lipinski definition) is 3. The highest BCUT2D eigenvalue weighted by atomic mass is 35.5. The Kier molecular flexibility index (Phi) is 5.87. The first kappa shape index (κ1) is 16.0. The second kappa shape index (κ2) is 6.96. The molecular weight excluding hydrogens is 279 g/mol. The van der Waals surface area contributed by atoms with Crippen LogP contribution >= 0.6 is 11.6 Å². The molecule has 0 bridgehead atoms. The van der Waals surface area contributed by atoms with Gasteiger partial charge in [0, 0.05) is 26.3 Å². The van der Waals surface area contributed by atoms with Crippen molar-refractivity contribution in [3.8, 4) is 0 Å². The van der Waals surface area contributed by atoms with Crippen LogP contribution in [0.4, 0.5) is 19.0 Å². The van der Waals surface area contributed by atoms with E-state index < -0.39 is 12.6 Å². The third-order valence-corrected chi connectivity index (χ3v) is 2.95. The van der Waals surface area contributed by atoms with Gasteiger partial charge >= 0.3 is 6.18 Å². The average Bonchev–Trinajstić information content (AvgIpc) is 2.34. The number of rotatable bonds is 6. The van der Waals surface area contributed by atoms with E-state index in [0.717, 1.165) is 12.1 Å². The zero-order valence-electron chi connectivity index (χ0n) is 10.9. The van der Waals surface area contributed by atoms with Crippen LogP contribution in [-0.2, 0) is 6.54 Å². The van der Waals surface area contributed by atoms with Crippen LogP contribution in [0.25, 0.3) is 0 Å². The number of anilines is 1. The van der Waals surface area contributed by atoms with Crippen LogP contribution in [0, 0.1) is 0 Å². The number of halogens is 4. The smallest absolute Gasteiger partial charge is 0.359 e. The van der Waals surface area contributed by atoms with Gasteiger partial charge < -0.3 is 10.2 Å². The van der Waals surface area contributed by atoms with E-state index in [0.29, 0.717) is 17.4 Å². The second-order valence-corrected chi connectivity index (χ2v) is 4.61. The fourth-order valence-electron chi connectivity index (χ4n) is 1.48. The van der Waals surface area contributed by atoms with Gasteiger partial charge in [0.1, 0.15) is 5.82 Å². The first-order valence-electron chi connectivity index (χ1n) is 5.96. The van der Waals surface area contributed by atoms with E-state index in [1.54, 1.807) is 13.1 Å². The number of nitrogens with one attached hydrogen (secondary N) is 1. The summed E-state index contributed by atoms with van der Waals surface area (Å²) in [6.07, 6.45) is -3.56. The molecule has 0 saturated carbocycles. The molecule has 0 aliphatic carbocycles. The molecule has 1 rings (SSSR count). The van der Waals surface area contributed by atoms with Crippen molar-refractivity contribution >= 4 is 17.4 Å². The summed E-state index contributed by atoms with van der Waals surface area (Å²) in [6, 6.07) is 1.71. The Morgan fingerprint density at radius 3 is 2.68 bits per heavy atom. The summed E-state index contributed by atoms with van der Waals surface area (Å²) < 4.78 is 36.5. The molecule has 1 N–H and O–H groups in total. The molecule has 19 heavy (non-hydrogen) atoms. The summed E-state index contributed by atoms with van der Waals surface area (Å²) in [5.41, 5.74) is 0.826. The first-order chi connectivity index (χ1) is 8.83. The second-order valence-electron chi connectivity index (χ2n) is 4.20. The van der Waals surface area contributed by atoms with Crippen molar-refractivity contribution in [3.05, 3.63) is 22.8 Å². The van der Waals surface area contributed by atoms with Gasteiger partial charge in [0.05, 0.1) is 11.4 Å². The van der Waals surface area contributed by atoms with Crippen molar-refractivity contribution < 1.29 is 13.2 Å². The van der Waals surface area contributed by atoms with Crippen LogP contribution in [0.5, 0.6) is 0 Å². The van der Waals surface area contributed by atoms with Crippen LogP contribution in [0.15, 0.2) is 12.3 Å². The maximum atomic E-state index is 12.2. The molecule has 0 atom stereocenters. The van der Waals surface area contributed by atoms with Gasteiger partial charge in [-0.25, -0.2) is 4.98 Å². The number of nitrogens with zero attached hydrogens (tertiary/aromatic N) is 2. The molecule has 1 aromatic rings. The van der Waals surface area contributed by atoms with E-state index in [1.807, 2.05) is 6.92 Å². The molecule has 0 radical (unpaired) electrons. The average molecular weight is 296 g/mol. The molecule has 0 saturated heterocycles. The van der Waals surface area contributed by atoms with Gasteiger partial charge in [-0.3, -0.25) is 0 Å². The highest BCUT2D eigenvalue weighted by Gasteiger charge is 2.27. The Hall–Kier alpha value is -1.01. The summed E-state index contributed by atoms with van der Waals surface area (Å²) in [6.45, 7) is 3.19. The van der Waals surface area contributed by atoms with Crippen LogP contribution < -0.4 is 10.2 Å². The molecule has 0 unspecified atom stereocenters. The van der Waals surface area contributed by atoms with Crippen molar-refractivity contribution in [2.75, 3.05) is 25.0 Å². The lowest BCUT2D eigenvalue weighted by molar-refractivity contribution is -0.132. The van der Waals surface area contributed by atoms with Crippen molar-refractivity contribution in [1.29, 1.82) is 0 Å². The Morgan fingerprint density at radius 2 is 2.11 bits per heavy atom. The minimum atomic E-state index is -4.16. The Labute approximate surface area is 115 Å². The molecule has 1 heterocycles. The quantitative estimate of drug-likeness (QED) is 0.873. The third kappa shape index (κ3) is 5.65. The zero-order chi connectivity index (χ0) is 14.5. The molecule has 0 amide bonds. The molecular formula is C12H17ClF3N3. The topological polar surface area (TPSA) is 28.2 Å². The van der Waals surface area contributed by atoms with Gasteiger partial charge in [-0.05, 0) is 18.2 Å². The van der Waals surface area contributed by atoms with E-state index in [-0.39, 0.29) is 6.54 Å². The molecule has 3 nitrogen and oxygen atoms in total. The van der Waals surface area contributed by atoms with E-state index in [4.69, 9.17) is 11.6 Å². The highest BCUT2D eigenvalue weighted by molar-refractivity contribution is 6.31. The monoisotopic (exact) mass is 295 g/mol. The molecule has 0 aliphatic rings. The Bertz CT molecular complexity index is 410. The standard InChI is InChI=1S/C12H17ClF3N3/c1-3-17-7-9-6-11(18-8-10(9)13)19(2)5-4-12(14,15)16/h6,8,17H,3-5,7H2,1-2H3. The Balaban J connectivity index is 2.71. The summed E-state index contributed by atoms with van der Waals surface area (Å²) in [7, 11) is 1.58. The maximum Gasteiger partial charge on any atom is 0.390 e. The lowest BCUT2D eigenvalue weighted by atomic mass is 10.2. The van der Waals surface area contributed by atoms with E-state index in [2.05, 4.69) is 10.3 Å². The van der Waals surface area contributed by atoms with Crippen LogP contribution in [0.3, 0.4) is 0 Å². The number of alkyl halides is 3. The van der Waals surface area contributed by atoms with Crippen LogP contribution in [0.2, 0.25) is 5.02 Å². The first-order valence-corrected chi connectivity index (χ1v) is 6.34. The molecule has 0 aromatic carbocycles. The molecule has 0 fully saturated rings. The van der Waals surface area contributed by atoms with Gasteiger partial charge in [0.2, 0.25) is 0 Å². The SMILES string of the molecule is CCNCc1cc(N(C)CCC(F)(F)F)ncc1Cl. The van der Waals surface area contributed by atoms with Crippen molar-refractivity contribution in [3.63, 3.8) is 0 Å². The number of aromatic nitrogens is 1. The summed E-state index contributed by atoms with van der Waals surface area (Å²) >= 11 is 5.99.